The maximum Gasteiger partial charge on any atom is 0.272 e. The van der Waals surface area contributed by atoms with Crippen LogP contribution in [0.25, 0.3) is 10.9 Å². The molecule has 2 aromatic carbocycles. The lowest BCUT2D eigenvalue weighted by Gasteiger charge is -2.04. The van der Waals surface area contributed by atoms with E-state index in [1.54, 1.807) is 30.3 Å². The van der Waals surface area contributed by atoms with Crippen LogP contribution in [0.3, 0.4) is 0 Å². The van der Waals surface area contributed by atoms with Crippen LogP contribution >= 0.6 is 0 Å². The van der Waals surface area contributed by atoms with Gasteiger partial charge >= 0.3 is 0 Å². The van der Waals surface area contributed by atoms with Crippen LogP contribution in [-0.4, -0.2) is 17.7 Å². The van der Waals surface area contributed by atoms with Gasteiger partial charge in [-0.15, -0.1) is 0 Å². The molecule has 5 nitrogen and oxygen atoms in total. The molecule has 1 aliphatic rings. The molecule has 0 fully saturated rings. The monoisotopic (exact) mass is 298 g/mol. The molecule has 0 spiro atoms. The summed E-state index contributed by atoms with van der Waals surface area (Å²) in [6, 6.07) is 11.2. The van der Waals surface area contributed by atoms with E-state index in [2.05, 4.69) is 10.3 Å². The Morgan fingerprint density at radius 3 is 2.86 bits per heavy atom. The maximum atomic E-state index is 13.2. The highest BCUT2D eigenvalue weighted by atomic mass is 19.1. The minimum absolute atomic E-state index is 0.181. The molecule has 4 rings (SSSR count). The topological polar surface area (TPSA) is 63.4 Å². The van der Waals surface area contributed by atoms with Crippen molar-refractivity contribution in [3.8, 4) is 11.5 Å². The van der Waals surface area contributed by atoms with Crippen LogP contribution in [-0.2, 0) is 0 Å². The van der Waals surface area contributed by atoms with Crippen LogP contribution in [0.2, 0.25) is 0 Å². The van der Waals surface area contributed by atoms with Gasteiger partial charge in [0.25, 0.3) is 5.91 Å². The number of H-pyrrole nitrogens is 1. The zero-order chi connectivity index (χ0) is 15.1. The van der Waals surface area contributed by atoms with Crippen molar-refractivity contribution >= 4 is 22.5 Å². The quantitative estimate of drug-likeness (QED) is 0.763. The van der Waals surface area contributed by atoms with Crippen LogP contribution in [0.4, 0.5) is 10.1 Å². The van der Waals surface area contributed by atoms with Gasteiger partial charge in [-0.05, 0) is 36.4 Å². The Labute approximate surface area is 124 Å². The maximum absolute atomic E-state index is 13.2. The van der Waals surface area contributed by atoms with Gasteiger partial charge in [-0.3, -0.25) is 4.79 Å². The Kier molecular flexibility index (Phi) is 2.75. The van der Waals surface area contributed by atoms with E-state index in [0.717, 1.165) is 5.39 Å². The summed E-state index contributed by atoms with van der Waals surface area (Å²) in [6.45, 7) is 0.181. The number of rotatable bonds is 2. The molecule has 1 aliphatic heterocycles. The summed E-state index contributed by atoms with van der Waals surface area (Å²) in [5.74, 6) is 0.586. The SMILES string of the molecule is O=C(Nc1ccc2c(c1)OCO2)c1cc2ccc(F)cc2[nH]1. The van der Waals surface area contributed by atoms with E-state index >= 15 is 0 Å². The second-order valence-corrected chi connectivity index (χ2v) is 4.94. The lowest BCUT2D eigenvalue weighted by molar-refractivity contribution is 0.102. The molecule has 2 heterocycles. The molecule has 0 unspecified atom stereocenters. The van der Waals surface area contributed by atoms with Crippen molar-refractivity contribution in [1.82, 2.24) is 4.98 Å². The van der Waals surface area contributed by atoms with Crippen molar-refractivity contribution in [2.45, 2.75) is 0 Å². The Morgan fingerprint density at radius 1 is 1.09 bits per heavy atom. The zero-order valence-electron chi connectivity index (χ0n) is 11.4. The molecule has 110 valence electrons. The van der Waals surface area contributed by atoms with Crippen molar-refractivity contribution in [1.29, 1.82) is 0 Å². The predicted molar refractivity (Wildman–Crippen MR) is 78.8 cm³/mol. The summed E-state index contributed by atoms with van der Waals surface area (Å²) in [7, 11) is 0. The molecule has 0 bridgehead atoms. The number of carbonyl (C=O) groups is 1. The lowest BCUT2D eigenvalue weighted by atomic mass is 10.2. The van der Waals surface area contributed by atoms with E-state index in [1.807, 2.05) is 0 Å². The van der Waals surface area contributed by atoms with Gasteiger partial charge in [0.1, 0.15) is 11.5 Å². The van der Waals surface area contributed by atoms with Gasteiger partial charge in [-0.1, -0.05) is 0 Å². The van der Waals surface area contributed by atoms with Crippen LogP contribution in [0.5, 0.6) is 11.5 Å². The summed E-state index contributed by atoms with van der Waals surface area (Å²) >= 11 is 0. The fourth-order valence-corrected chi connectivity index (χ4v) is 2.39. The number of benzene rings is 2. The number of anilines is 1. The summed E-state index contributed by atoms with van der Waals surface area (Å²) < 4.78 is 23.7. The van der Waals surface area contributed by atoms with Crippen molar-refractivity contribution in [3.05, 3.63) is 54.0 Å². The highest BCUT2D eigenvalue weighted by Gasteiger charge is 2.15. The Bertz CT molecular complexity index is 888. The summed E-state index contributed by atoms with van der Waals surface area (Å²) in [5, 5.41) is 3.54. The molecule has 0 radical (unpaired) electrons. The molecule has 1 amide bonds. The first kappa shape index (κ1) is 12.7. The summed E-state index contributed by atoms with van der Waals surface area (Å²) in [5.41, 5.74) is 1.54. The Balaban J connectivity index is 1.60. The molecule has 22 heavy (non-hydrogen) atoms. The molecule has 3 aromatic rings. The van der Waals surface area contributed by atoms with E-state index in [-0.39, 0.29) is 18.5 Å². The Hall–Kier alpha value is -3.02. The average molecular weight is 298 g/mol. The third-order valence-corrected chi connectivity index (χ3v) is 3.46. The van der Waals surface area contributed by atoms with Gasteiger partial charge in [0, 0.05) is 22.7 Å². The second-order valence-electron chi connectivity index (χ2n) is 4.94. The normalized spacial score (nSPS) is 12.6. The van der Waals surface area contributed by atoms with E-state index in [0.29, 0.717) is 28.4 Å². The molecule has 6 heteroatoms. The number of nitrogens with one attached hydrogen (secondary N) is 2. The largest absolute Gasteiger partial charge is 0.454 e. The fourth-order valence-electron chi connectivity index (χ4n) is 2.39. The van der Waals surface area contributed by atoms with Crippen molar-refractivity contribution in [2.24, 2.45) is 0 Å². The third-order valence-electron chi connectivity index (χ3n) is 3.46. The second kappa shape index (κ2) is 4.77. The van der Waals surface area contributed by atoms with Crippen molar-refractivity contribution in [2.75, 3.05) is 12.1 Å². The molecule has 1 aromatic heterocycles. The van der Waals surface area contributed by atoms with E-state index in [4.69, 9.17) is 9.47 Å². The molecule has 2 N–H and O–H groups in total. The van der Waals surface area contributed by atoms with Gasteiger partial charge in [0.15, 0.2) is 11.5 Å². The van der Waals surface area contributed by atoms with Gasteiger partial charge in [-0.2, -0.15) is 0 Å². The van der Waals surface area contributed by atoms with E-state index in [9.17, 15) is 9.18 Å². The first-order valence-electron chi connectivity index (χ1n) is 6.68. The molecular weight excluding hydrogens is 287 g/mol. The first-order valence-corrected chi connectivity index (χ1v) is 6.68. The molecule has 0 saturated heterocycles. The lowest BCUT2D eigenvalue weighted by Crippen LogP contribution is -2.12. The molecule has 0 saturated carbocycles. The highest BCUT2D eigenvalue weighted by molar-refractivity contribution is 6.06. The molecular formula is C16H11FN2O3. The van der Waals surface area contributed by atoms with Crippen molar-refractivity contribution < 1.29 is 18.7 Å². The third kappa shape index (κ3) is 2.14. The fraction of sp³-hybridized carbons (Fsp3) is 0.0625. The number of ether oxygens (including phenoxy) is 2. The van der Waals surface area contributed by atoms with Crippen LogP contribution in [0.1, 0.15) is 10.5 Å². The van der Waals surface area contributed by atoms with Gasteiger partial charge in [0.2, 0.25) is 6.79 Å². The highest BCUT2D eigenvalue weighted by Crippen LogP contribution is 2.34. The van der Waals surface area contributed by atoms with Gasteiger partial charge < -0.3 is 19.8 Å². The van der Waals surface area contributed by atoms with Crippen LogP contribution < -0.4 is 14.8 Å². The summed E-state index contributed by atoms with van der Waals surface area (Å²) in [6.07, 6.45) is 0. The minimum Gasteiger partial charge on any atom is -0.454 e. The molecule has 0 aliphatic carbocycles. The van der Waals surface area contributed by atoms with Crippen molar-refractivity contribution in [3.63, 3.8) is 0 Å². The van der Waals surface area contributed by atoms with Gasteiger partial charge in [0.05, 0.1) is 0 Å². The number of hydrogen-bond acceptors (Lipinski definition) is 3. The summed E-state index contributed by atoms with van der Waals surface area (Å²) in [4.78, 5) is 15.2. The number of aromatic amines is 1. The number of fused-ring (bicyclic) bond motifs is 2. The van der Waals surface area contributed by atoms with Crippen LogP contribution in [0.15, 0.2) is 42.5 Å². The zero-order valence-corrected chi connectivity index (χ0v) is 11.4. The predicted octanol–water partition coefficient (Wildman–Crippen LogP) is 3.29. The Morgan fingerprint density at radius 2 is 1.95 bits per heavy atom. The number of halogens is 1. The minimum atomic E-state index is -0.350. The standard InChI is InChI=1S/C16H11FN2O3/c17-10-2-1-9-5-13(19-12(9)6-10)16(20)18-11-3-4-14-15(7-11)22-8-21-14/h1-7,19H,8H2,(H,18,20). The van der Waals surface area contributed by atoms with E-state index < -0.39 is 0 Å². The average Bonchev–Trinajstić information content (AvgIpc) is 3.12. The van der Waals surface area contributed by atoms with Crippen LogP contribution in [0, 0.1) is 5.82 Å². The van der Waals surface area contributed by atoms with Gasteiger partial charge in [-0.25, -0.2) is 4.39 Å². The number of carbonyl (C=O) groups excluding carboxylic acids is 1. The first-order chi connectivity index (χ1) is 10.7. The molecule has 0 atom stereocenters. The number of aromatic nitrogens is 1. The number of hydrogen-bond donors (Lipinski definition) is 2. The smallest absolute Gasteiger partial charge is 0.272 e. The van der Waals surface area contributed by atoms with E-state index in [1.165, 1.54) is 12.1 Å². The number of amides is 1.